The van der Waals surface area contributed by atoms with Gasteiger partial charge in [0, 0.05) is 15.6 Å². The van der Waals surface area contributed by atoms with Gasteiger partial charge in [-0.25, -0.2) is 0 Å². The lowest BCUT2D eigenvalue weighted by Crippen LogP contribution is -2.04. The molecule has 0 unspecified atom stereocenters. The van der Waals surface area contributed by atoms with E-state index in [2.05, 4.69) is 26.1 Å². The van der Waals surface area contributed by atoms with E-state index in [4.69, 9.17) is 4.52 Å². The fraction of sp³-hybridized carbons (Fsp3) is 0.0667. The molecule has 2 aromatic carbocycles. The highest BCUT2D eigenvalue weighted by Gasteiger charge is 2.30. The van der Waals surface area contributed by atoms with Gasteiger partial charge in [0.15, 0.2) is 0 Å². The van der Waals surface area contributed by atoms with Crippen LogP contribution in [0, 0.1) is 0 Å². The standard InChI is InChI=1S/C15H8BrF3N2O/c16-12-7-3-10(4-8-12)14-20-13(21-22-14)9-1-5-11(6-2-9)15(17,18)19/h1-8H. The van der Waals surface area contributed by atoms with Crippen LogP contribution in [-0.4, -0.2) is 10.1 Å². The first-order valence-corrected chi connectivity index (χ1v) is 7.00. The normalized spacial score (nSPS) is 11.6. The Kier molecular flexibility index (Phi) is 3.74. The van der Waals surface area contributed by atoms with E-state index in [0.717, 1.165) is 22.2 Å². The number of benzene rings is 2. The number of halogens is 4. The van der Waals surface area contributed by atoms with Gasteiger partial charge in [0.25, 0.3) is 5.89 Å². The maximum absolute atomic E-state index is 12.5. The summed E-state index contributed by atoms with van der Waals surface area (Å²) in [7, 11) is 0. The van der Waals surface area contributed by atoms with E-state index in [1.54, 1.807) is 12.1 Å². The topological polar surface area (TPSA) is 38.9 Å². The molecule has 3 rings (SSSR count). The van der Waals surface area contributed by atoms with Crippen molar-refractivity contribution in [3.63, 3.8) is 0 Å². The average molecular weight is 369 g/mol. The molecule has 0 fully saturated rings. The van der Waals surface area contributed by atoms with Crippen molar-refractivity contribution in [1.29, 1.82) is 0 Å². The molecule has 3 aromatic rings. The average Bonchev–Trinajstić information content (AvgIpc) is 2.97. The Balaban J connectivity index is 1.89. The minimum absolute atomic E-state index is 0.242. The number of hydrogen-bond acceptors (Lipinski definition) is 3. The van der Waals surface area contributed by atoms with Crippen molar-refractivity contribution in [2.24, 2.45) is 0 Å². The van der Waals surface area contributed by atoms with Crippen LogP contribution in [0.1, 0.15) is 5.56 Å². The molecule has 3 nitrogen and oxygen atoms in total. The molecule has 22 heavy (non-hydrogen) atoms. The lowest BCUT2D eigenvalue weighted by atomic mass is 10.1. The summed E-state index contributed by atoms with van der Waals surface area (Å²) in [5.74, 6) is 0.550. The third-order valence-electron chi connectivity index (χ3n) is 2.99. The lowest BCUT2D eigenvalue weighted by Gasteiger charge is -2.05. The van der Waals surface area contributed by atoms with Crippen molar-refractivity contribution in [1.82, 2.24) is 10.1 Å². The Bertz CT molecular complexity index is 780. The van der Waals surface area contributed by atoms with Crippen molar-refractivity contribution in [3.8, 4) is 22.8 Å². The summed E-state index contributed by atoms with van der Waals surface area (Å²) in [6.45, 7) is 0. The Morgan fingerprint density at radius 1 is 0.864 bits per heavy atom. The second-order valence-corrected chi connectivity index (χ2v) is 5.42. The molecule has 0 atom stereocenters. The molecule has 0 N–H and O–H groups in total. The molecular formula is C15H8BrF3N2O. The quantitative estimate of drug-likeness (QED) is 0.625. The first-order chi connectivity index (χ1) is 10.4. The van der Waals surface area contributed by atoms with Gasteiger partial charge >= 0.3 is 6.18 Å². The number of hydrogen-bond donors (Lipinski definition) is 0. The van der Waals surface area contributed by atoms with Gasteiger partial charge in [0.2, 0.25) is 5.82 Å². The summed E-state index contributed by atoms with van der Waals surface area (Å²) in [5, 5.41) is 3.80. The molecule has 0 aliphatic heterocycles. The van der Waals surface area contributed by atoms with Crippen molar-refractivity contribution in [2.45, 2.75) is 6.18 Å². The second kappa shape index (κ2) is 5.57. The first-order valence-electron chi connectivity index (χ1n) is 6.21. The maximum Gasteiger partial charge on any atom is 0.416 e. The molecule has 0 bridgehead atoms. The fourth-order valence-electron chi connectivity index (χ4n) is 1.86. The highest BCUT2D eigenvalue weighted by Crippen LogP contribution is 2.31. The van der Waals surface area contributed by atoms with Crippen molar-refractivity contribution in [3.05, 3.63) is 58.6 Å². The minimum atomic E-state index is -4.36. The number of aromatic nitrogens is 2. The van der Waals surface area contributed by atoms with Gasteiger partial charge in [0.05, 0.1) is 5.56 Å². The predicted octanol–water partition coefficient (Wildman–Crippen LogP) is 5.18. The SMILES string of the molecule is FC(F)(F)c1ccc(-c2noc(-c3ccc(Br)cc3)n2)cc1. The molecule has 0 radical (unpaired) electrons. The third kappa shape index (κ3) is 3.04. The van der Waals surface area contributed by atoms with E-state index in [1.807, 2.05) is 12.1 Å². The van der Waals surface area contributed by atoms with Crippen molar-refractivity contribution in [2.75, 3.05) is 0 Å². The molecule has 0 saturated carbocycles. The number of alkyl halides is 3. The van der Waals surface area contributed by atoms with Gasteiger partial charge in [-0.15, -0.1) is 0 Å². The van der Waals surface area contributed by atoms with E-state index in [9.17, 15) is 13.2 Å². The van der Waals surface area contributed by atoms with Gasteiger partial charge in [-0.05, 0) is 36.4 Å². The van der Waals surface area contributed by atoms with Crippen LogP contribution in [0.3, 0.4) is 0 Å². The molecule has 7 heteroatoms. The highest BCUT2D eigenvalue weighted by atomic mass is 79.9. The van der Waals surface area contributed by atoms with Gasteiger partial charge in [-0.1, -0.05) is 33.2 Å². The molecule has 0 saturated heterocycles. The van der Waals surface area contributed by atoms with Crippen LogP contribution in [0.2, 0.25) is 0 Å². The fourth-order valence-corrected chi connectivity index (χ4v) is 2.12. The van der Waals surface area contributed by atoms with Crippen molar-refractivity contribution < 1.29 is 17.7 Å². The van der Waals surface area contributed by atoms with E-state index in [0.29, 0.717) is 11.5 Å². The van der Waals surface area contributed by atoms with Crippen LogP contribution in [-0.2, 0) is 6.18 Å². The number of nitrogens with zero attached hydrogens (tertiary/aromatic N) is 2. The second-order valence-electron chi connectivity index (χ2n) is 4.51. The van der Waals surface area contributed by atoms with E-state index < -0.39 is 11.7 Å². The van der Waals surface area contributed by atoms with Crippen LogP contribution in [0.15, 0.2) is 57.5 Å². The molecular weight excluding hydrogens is 361 g/mol. The van der Waals surface area contributed by atoms with Gasteiger partial charge in [-0.2, -0.15) is 18.2 Å². The summed E-state index contributed by atoms with van der Waals surface area (Å²) in [6, 6.07) is 11.9. The largest absolute Gasteiger partial charge is 0.416 e. The molecule has 112 valence electrons. The summed E-state index contributed by atoms with van der Waals surface area (Å²) < 4.78 is 43.6. The number of rotatable bonds is 2. The summed E-state index contributed by atoms with van der Waals surface area (Å²) in [5.41, 5.74) is 0.474. The smallest absolute Gasteiger partial charge is 0.334 e. The predicted molar refractivity (Wildman–Crippen MR) is 77.9 cm³/mol. The van der Waals surface area contributed by atoms with E-state index >= 15 is 0 Å². The summed E-state index contributed by atoms with van der Waals surface area (Å²) in [4.78, 5) is 4.20. The molecule has 0 amide bonds. The Labute approximate surface area is 131 Å². The molecule has 0 aliphatic carbocycles. The Hall–Kier alpha value is -2.15. The molecule has 0 spiro atoms. The highest BCUT2D eigenvalue weighted by molar-refractivity contribution is 9.10. The summed E-state index contributed by atoms with van der Waals surface area (Å²) in [6.07, 6.45) is -4.36. The third-order valence-corrected chi connectivity index (χ3v) is 3.52. The molecule has 1 aromatic heterocycles. The zero-order chi connectivity index (χ0) is 15.7. The van der Waals surface area contributed by atoms with Crippen molar-refractivity contribution >= 4 is 15.9 Å². The van der Waals surface area contributed by atoms with Crippen LogP contribution in [0.4, 0.5) is 13.2 Å². The monoisotopic (exact) mass is 368 g/mol. The lowest BCUT2D eigenvalue weighted by molar-refractivity contribution is -0.137. The van der Waals surface area contributed by atoms with E-state index in [1.165, 1.54) is 12.1 Å². The van der Waals surface area contributed by atoms with Crippen LogP contribution in [0.25, 0.3) is 22.8 Å². The molecule has 0 aliphatic rings. The van der Waals surface area contributed by atoms with Crippen LogP contribution in [0.5, 0.6) is 0 Å². The van der Waals surface area contributed by atoms with Gasteiger partial charge < -0.3 is 4.52 Å². The first kappa shape index (κ1) is 14.8. The zero-order valence-electron chi connectivity index (χ0n) is 10.9. The molecule has 1 heterocycles. The minimum Gasteiger partial charge on any atom is -0.334 e. The summed E-state index contributed by atoms with van der Waals surface area (Å²) >= 11 is 3.32. The Morgan fingerprint density at radius 2 is 1.45 bits per heavy atom. The van der Waals surface area contributed by atoms with Crippen LogP contribution >= 0.6 is 15.9 Å². The maximum atomic E-state index is 12.5. The zero-order valence-corrected chi connectivity index (χ0v) is 12.5. The Morgan fingerprint density at radius 3 is 2.05 bits per heavy atom. The van der Waals surface area contributed by atoms with E-state index in [-0.39, 0.29) is 5.82 Å². The van der Waals surface area contributed by atoms with Gasteiger partial charge in [-0.3, -0.25) is 0 Å². The van der Waals surface area contributed by atoms with Gasteiger partial charge in [0.1, 0.15) is 0 Å². The van der Waals surface area contributed by atoms with Crippen LogP contribution < -0.4 is 0 Å².